The summed E-state index contributed by atoms with van der Waals surface area (Å²) >= 11 is 6.22. The molecule has 1 aliphatic heterocycles. The average molecular weight is 394 g/mol. The third-order valence-electron chi connectivity index (χ3n) is 4.30. The third-order valence-corrected chi connectivity index (χ3v) is 6.00. The van der Waals surface area contributed by atoms with Crippen LogP contribution in [0.2, 0.25) is 5.02 Å². The molecular formula is C18H20ClN3O3S. The highest BCUT2D eigenvalue weighted by atomic mass is 35.5. The highest BCUT2D eigenvalue weighted by molar-refractivity contribution is 7.92. The molecule has 3 rings (SSSR count). The van der Waals surface area contributed by atoms with Crippen LogP contribution in [0.4, 0.5) is 5.69 Å². The van der Waals surface area contributed by atoms with Crippen molar-refractivity contribution >= 4 is 33.2 Å². The number of hydrogen-bond acceptors (Lipinski definition) is 4. The number of benzene rings is 2. The maximum absolute atomic E-state index is 12.6. The Labute approximate surface area is 158 Å². The summed E-state index contributed by atoms with van der Waals surface area (Å²) in [5, 5.41) is 0.185. The minimum absolute atomic E-state index is 0.0996. The summed E-state index contributed by atoms with van der Waals surface area (Å²) in [5.74, 6) is -0.0996. The topological polar surface area (TPSA) is 69.7 Å². The molecule has 1 fully saturated rings. The lowest BCUT2D eigenvalue weighted by molar-refractivity contribution is 0.0664. The first kappa shape index (κ1) is 18.7. The first-order valence-corrected chi connectivity index (χ1v) is 10.1. The second kappa shape index (κ2) is 7.65. The van der Waals surface area contributed by atoms with E-state index in [-0.39, 0.29) is 21.5 Å². The fraction of sp³-hybridized carbons (Fsp3) is 0.278. The van der Waals surface area contributed by atoms with Crippen LogP contribution in [-0.2, 0) is 10.0 Å². The van der Waals surface area contributed by atoms with Crippen LogP contribution in [0.25, 0.3) is 0 Å². The Hall–Kier alpha value is -2.09. The Morgan fingerprint density at radius 2 is 1.69 bits per heavy atom. The van der Waals surface area contributed by atoms with Crippen molar-refractivity contribution in [1.29, 1.82) is 0 Å². The van der Waals surface area contributed by atoms with Gasteiger partial charge in [-0.2, -0.15) is 0 Å². The van der Waals surface area contributed by atoms with E-state index in [1.54, 1.807) is 29.2 Å². The zero-order chi connectivity index (χ0) is 18.7. The molecule has 138 valence electrons. The van der Waals surface area contributed by atoms with E-state index < -0.39 is 10.0 Å². The highest BCUT2D eigenvalue weighted by Crippen LogP contribution is 2.26. The minimum atomic E-state index is -3.73. The molecule has 0 atom stereocenters. The molecule has 0 aromatic heterocycles. The van der Waals surface area contributed by atoms with Crippen LogP contribution in [0.15, 0.2) is 53.4 Å². The van der Waals surface area contributed by atoms with Crippen LogP contribution in [0.3, 0.4) is 0 Å². The van der Waals surface area contributed by atoms with Crippen molar-refractivity contribution in [2.75, 3.05) is 37.9 Å². The molecule has 0 bridgehead atoms. The second-order valence-corrected chi connectivity index (χ2v) is 8.30. The summed E-state index contributed by atoms with van der Waals surface area (Å²) < 4.78 is 27.3. The standard InChI is InChI=1S/C18H20ClN3O3S/c1-21-9-11-22(12-10-21)18(23)14-7-8-17(16(19)13-14)20-26(24,25)15-5-3-2-4-6-15/h2-8,13,20H,9-12H2,1H3. The minimum Gasteiger partial charge on any atom is -0.336 e. The van der Waals surface area contributed by atoms with Gasteiger partial charge in [0.15, 0.2) is 0 Å². The van der Waals surface area contributed by atoms with Gasteiger partial charge in [-0.05, 0) is 37.4 Å². The number of amides is 1. The molecule has 0 aliphatic carbocycles. The lowest BCUT2D eigenvalue weighted by Gasteiger charge is -2.32. The van der Waals surface area contributed by atoms with Crippen molar-refractivity contribution in [2.24, 2.45) is 0 Å². The Balaban J connectivity index is 1.77. The molecule has 6 nitrogen and oxygen atoms in total. The number of carbonyl (C=O) groups is 1. The van der Waals surface area contributed by atoms with Crippen LogP contribution in [0.1, 0.15) is 10.4 Å². The number of likely N-dealkylation sites (N-methyl/N-ethyl adjacent to an activating group) is 1. The number of anilines is 1. The number of halogens is 1. The van der Waals surface area contributed by atoms with Gasteiger partial charge < -0.3 is 9.80 Å². The zero-order valence-electron chi connectivity index (χ0n) is 14.4. The molecule has 0 unspecified atom stereocenters. The molecule has 2 aromatic carbocycles. The first-order valence-electron chi connectivity index (χ1n) is 8.22. The van der Waals surface area contributed by atoms with E-state index in [9.17, 15) is 13.2 Å². The monoisotopic (exact) mass is 393 g/mol. The zero-order valence-corrected chi connectivity index (χ0v) is 15.9. The third kappa shape index (κ3) is 4.17. The maximum Gasteiger partial charge on any atom is 0.261 e. The predicted octanol–water partition coefficient (Wildman–Crippen LogP) is 2.53. The lowest BCUT2D eigenvalue weighted by Crippen LogP contribution is -2.47. The van der Waals surface area contributed by atoms with E-state index in [0.29, 0.717) is 18.7 Å². The van der Waals surface area contributed by atoms with Crippen LogP contribution in [0.5, 0.6) is 0 Å². The first-order chi connectivity index (χ1) is 12.4. The van der Waals surface area contributed by atoms with Gasteiger partial charge in [0.2, 0.25) is 0 Å². The van der Waals surface area contributed by atoms with E-state index in [1.165, 1.54) is 24.3 Å². The summed E-state index contributed by atoms with van der Waals surface area (Å²) in [6.07, 6.45) is 0. The molecule has 0 radical (unpaired) electrons. The van der Waals surface area contributed by atoms with Gasteiger partial charge >= 0.3 is 0 Å². The Bertz CT molecular complexity index is 895. The van der Waals surface area contributed by atoms with Gasteiger partial charge in [0, 0.05) is 31.7 Å². The van der Waals surface area contributed by atoms with Crippen molar-refractivity contribution in [2.45, 2.75) is 4.90 Å². The van der Waals surface area contributed by atoms with Crippen LogP contribution >= 0.6 is 11.6 Å². The van der Waals surface area contributed by atoms with Crippen molar-refractivity contribution in [1.82, 2.24) is 9.80 Å². The van der Waals surface area contributed by atoms with Crippen LogP contribution in [-0.4, -0.2) is 57.4 Å². The van der Waals surface area contributed by atoms with E-state index in [1.807, 2.05) is 7.05 Å². The van der Waals surface area contributed by atoms with Gasteiger partial charge in [-0.3, -0.25) is 9.52 Å². The largest absolute Gasteiger partial charge is 0.336 e. The maximum atomic E-state index is 12.6. The SMILES string of the molecule is CN1CCN(C(=O)c2ccc(NS(=O)(=O)c3ccccc3)c(Cl)c2)CC1. The van der Waals surface area contributed by atoms with Crippen molar-refractivity contribution in [3.63, 3.8) is 0 Å². The summed E-state index contributed by atoms with van der Waals surface area (Å²) in [6, 6.07) is 12.7. The molecule has 0 saturated carbocycles. The van der Waals surface area contributed by atoms with Gasteiger partial charge in [0.05, 0.1) is 15.6 Å². The van der Waals surface area contributed by atoms with Gasteiger partial charge in [0.25, 0.3) is 15.9 Å². The van der Waals surface area contributed by atoms with Gasteiger partial charge in [-0.25, -0.2) is 8.42 Å². The summed E-state index contributed by atoms with van der Waals surface area (Å²) in [5.41, 5.74) is 0.688. The predicted molar refractivity (Wildman–Crippen MR) is 102 cm³/mol. The average Bonchev–Trinajstić information content (AvgIpc) is 2.64. The Morgan fingerprint density at radius 3 is 2.31 bits per heavy atom. The molecule has 1 heterocycles. The second-order valence-electron chi connectivity index (χ2n) is 6.21. The van der Waals surface area contributed by atoms with Crippen molar-refractivity contribution in [3.8, 4) is 0 Å². The summed E-state index contributed by atoms with van der Waals surface area (Å²) in [6.45, 7) is 2.98. The number of rotatable bonds is 4. The van der Waals surface area contributed by atoms with E-state index >= 15 is 0 Å². The lowest BCUT2D eigenvalue weighted by atomic mass is 10.1. The molecule has 2 aromatic rings. The number of carbonyl (C=O) groups excluding carboxylic acids is 1. The van der Waals surface area contributed by atoms with Crippen LogP contribution in [0, 0.1) is 0 Å². The number of hydrogen-bond donors (Lipinski definition) is 1. The smallest absolute Gasteiger partial charge is 0.261 e. The summed E-state index contributed by atoms with van der Waals surface area (Å²) in [7, 11) is -1.71. The molecular weight excluding hydrogens is 374 g/mol. The number of nitrogens with one attached hydrogen (secondary N) is 1. The van der Waals surface area contributed by atoms with Crippen molar-refractivity contribution < 1.29 is 13.2 Å². The molecule has 26 heavy (non-hydrogen) atoms. The van der Waals surface area contributed by atoms with E-state index in [0.717, 1.165) is 13.1 Å². The summed E-state index contributed by atoms with van der Waals surface area (Å²) in [4.78, 5) is 16.7. The molecule has 0 spiro atoms. The Kier molecular flexibility index (Phi) is 5.50. The van der Waals surface area contributed by atoms with E-state index in [4.69, 9.17) is 11.6 Å². The molecule has 1 amide bonds. The van der Waals surface area contributed by atoms with Gasteiger partial charge in [0.1, 0.15) is 0 Å². The number of nitrogens with zero attached hydrogens (tertiary/aromatic N) is 2. The molecule has 1 N–H and O–H groups in total. The molecule has 8 heteroatoms. The molecule has 1 aliphatic rings. The van der Waals surface area contributed by atoms with E-state index in [2.05, 4.69) is 9.62 Å². The fourth-order valence-electron chi connectivity index (χ4n) is 2.73. The van der Waals surface area contributed by atoms with Gasteiger partial charge in [-0.15, -0.1) is 0 Å². The van der Waals surface area contributed by atoms with Crippen molar-refractivity contribution in [3.05, 3.63) is 59.1 Å². The fourth-order valence-corrected chi connectivity index (χ4v) is 4.11. The van der Waals surface area contributed by atoms with Gasteiger partial charge in [-0.1, -0.05) is 29.8 Å². The Morgan fingerprint density at radius 1 is 1.04 bits per heavy atom. The molecule has 1 saturated heterocycles. The normalized spacial score (nSPS) is 15.7. The van der Waals surface area contributed by atoms with Crippen LogP contribution < -0.4 is 4.72 Å². The highest BCUT2D eigenvalue weighted by Gasteiger charge is 2.22. The quantitative estimate of drug-likeness (QED) is 0.866. The number of sulfonamides is 1. The number of piperazine rings is 1.